The monoisotopic (exact) mass is 406 g/mol. The van der Waals surface area contributed by atoms with Gasteiger partial charge >= 0.3 is 11.9 Å². The molecule has 0 saturated carbocycles. The number of hydrogen-bond acceptors (Lipinski definition) is 6. The van der Waals surface area contributed by atoms with Crippen LogP contribution in [0.1, 0.15) is 38.4 Å². The molecule has 28 heavy (non-hydrogen) atoms. The van der Waals surface area contributed by atoms with Gasteiger partial charge in [-0.05, 0) is 31.0 Å². The van der Waals surface area contributed by atoms with Crippen LogP contribution in [0.2, 0.25) is 5.02 Å². The molecule has 1 rings (SSSR count). The summed E-state index contributed by atoms with van der Waals surface area (Å²) in [4.78, 5) is 38.7. The Balaban J connectivity index is 3.18. The van der Waals surface area contributed by atoms with Gasteiger partial charge in [0.25, 0.3) is 5.91 Å². The molecule has 10 heteroatoms. The van der Waals surface area contributed by atoms with E-state index in [2.05, 4.69) is 27.2 Å². The van der Waals surface area contributed by atoms with Gasteiger partial charge in [0.2, 0.25) is 6.10 Å². The van der Waals surface area contributed by atoms with Crippen molar-refractivity contribution in [3.8, 4) is 11.8 Å². The first-order valence-electron chi connectivity index (χ1n) is 8.40. The molecule has 0 aliphatic heterocycles. The van der Waals surface area contributed by atoms with Crippen LogP contribution in [-0.2, 0) is 23.9 Å². The van der Waals surface area contributed by atoms with E-state index in [1.165, 1.54) is 18.2 Å². The summed E-state index contributed by atoms with van der Waals surface area (Å²) < 4.78 is 9.89. The van der Waals surface area contributed by atoms with E-state index in [0.717, 1.165) is 6.42 Å². The van der Waals surface area contributed by atoms with Gasteiger partial charge in [-0.2, -0.15) is 0 Å². The molecule has 1 atom stereocenters. The van der Waals surface area contributed by atoms with Gasteiger partial charge in [0.05, 0.1) is 6.61 Å². The van der Waals surface area contributed by atoms with Crippen molar-refractivity contribution >= 4 is 35.1 Å². The summed E-state index contributed by atoms with van der Waals surface area (Å²) in [6.07, 6.45) is -0.299. The average molecular weight is 407 g/mol. The Morgan fingerprint density at radius 1 is 1.36 bits per heavy atom. The number of unbranched alkanes of at least 4 members (excludes halogenated alkanes) is 1. The molecule has 0 fully saturated rings. The molecule has 1 aromatic rings. The Labute approximate surface area is 167 Å². The second-order valence-electron chi connectivity index (χ2n) is 5.25. The molecule has 0 aliphatic rings. The van der Waals surface area contributed by atoms with E-state index in [1.54, 1.807) is 6.92 Å². The van der Waals surface area contributed by atoms with Gasteiger partial charge in [-0.15, -0.1) is 0 Å². The fourth-order valence-corrected chi connectivity index (χ4v) is 2.17. The number of rotatable bonds is 8. The molecule has 1 aromatic carbocycles. The Kier molecular flexibility index (Phi) is 9.97. The molecule has 148 valence electrons. The average Bonchev–Trinajstić information content (AvgIpc) is 2.66. The Hall–Kier alpha value is -3.21. The third-order valence-corrected chi connectivity index (χ3v) is 3.40. The van der Waals surface area contributed by atoms with Crippen LogP contribution in [0.4, 0.5) is 5.69 Å². The minimum Gasteiger partial charge on any atom is -0.465 e. The molecule has 0 heterocycles. The van der Waals surface area contributed by atoms with Crippen LogP contribution in [0.3, 0.4) is 0 Å². The van der Waals surface area contributed by atoms with Gasteiger partial charge < -0.3 is 14.8 Å². The Morgan fingerprint density at radius 3 is 2.75 bits per heavy atom. The predicted octanol–water partition coefficient (Wildman–Crippen LogP) is 3.35. The van der Waals surface area contributed by atoms with Crippen molar-refractivity contribution in [1.82, 2.24) is 5.32 Å². The molecule has 1 N–H and O–H groups in total. The number of carbonyl (C=O) groups excluding carboxylic acids is 3. The van der Waals surface area contributed by atoms with Crippen LogP contribution in [-0.4, -0.2) is 31.0 Å². The van der Waals surface area contributed by atoms with Crippen LogP contribution in [0.25, 0.3) is 10.4 Å². The van der Waals surface area contributed by atoms with Crippen LogP contribution >= 0.6 is 11.6 Å². The number of amides is 1. The highest BCUT2D eigenvalue weighted by molar-refractivity contribution is 6.30. The lowest BCUT2D eigenvalue weighted by molar-refractivity contribution is -0.152. The van der Waals surface area contributed by atoms with Crippen molar-refractivity contribution in [2.24, 2.45) is 5.11 Å². The summed E-state index contributed by atoms with van der Waals surface area (Å²) >= 11 is 5.96. The third kappa shape index (κ3) is 7.58. The second-order valence-corrected chi connectivity index (χ2v) is 5.69. The molecule has 9 nitrogen and oxygen atoms in total. The maximum atomic E-state index is 12.6. The SMILES string of the molecule is CCCC#CC(=O)OC(C(=O)NCC(=O)OCC)c1cc(Cl)ccc1N=[N+]=[N-]. The van der Waals surface area contributed by atoms with Crippen LogP contribution in [0, 0.1) is 11.8 Å². The first-order chi connectivity index (χ1) is 13.4. The molecule has 0 radical (unpaired) electrons. The fourth-order valence-electron chi connectivity index (χ4n) is 1.99. The van der Waals surface area contributed by atoms with Crippen molar-refractivity contribution in [3.63, 3.8) is 0 Å². The quantitative estimate of drug-likeness (QED) is 0.176. The zero-order valence-electron chi connectivity index (χ0n) is 15.4. The summed E-state index contributed by atoms with van der Waals surface area (Å²) in [7, 11) is 0. The highest BCUT2D eigenvalue weighted by Crippen LogP contribution is 2.31. The topological polar surface area (TPSA) is 130 Å². The normalized spacial score (nSPS) is 10.5. The van der Waals surface area contributed by atoms with Crippen molar-refractivity contribution in [3.05, 3.63) is 39.2 Å². The second kappa shape index (κ2) is 12.2. The summed E-state index contributed by atoms with van der Waals surface area (Å²) in [6, 6.07) is 4.15. The molecule has 0 saturated heterocycles. The first-order valence-corrected chi connectivity index (χ1v) is 8.78. The molecule has 0 aromatic heterocycles. The van der Waals surface area contributed by atoms with Gasteiger partial charge in [0.1, 0.15) is 6.54 Å². The van der Waals surface area contributed by atoms with Gasteiger partial charge in [-0.25, -0.2) is 4.79 Å². The molecule has 1 unspecified atom stereocenters. The zero-order valence-corrected chi connectivity index (χ0v) is 16.2. The Morgan fingerprint density at radius 2 is 2.11 bits per heavy atom. The smallest absolute Gasteiger partial charge is 0.385 e. The highest BCUT2D eigenvalue weighted by atomic mass is 35.5. The summed E-state index contributed by atoms with van der Waals surface area (Å²) in [5.41, 5.74) is 8.82. The highest BCUT2D eigenvalue weighted by Gasteiger charge is 2.27. The molecular weight excluding hydrogens is 388 g/mol. The number of ether oxygens (including phenoxy) is 2. The lowest BCUT2D eigenvalue weighted by Crippen LogP contribution is -2.36. The minimum absolute atomic E-state index is 0.0394. The Bertz CT molecular complexity index is 840. The molecule has 0 aliphatic carbocycles. The lowest BCUT2D eigenvalue weighted by atomic mass is 10.1. The molecule has 0 bridgehead atoms. The fraction of sp³-hybridized carbons (Fsp3) is 0.389. The van der Waals surface area contributed by atoms with E-state index in [9.17, 15) is 14.4 Å². The first kappa shape index (κ1) is 22.8. The largest absolute Gasteiger partial charge is 0.465 e. The summed E-state index contributed by atoms with van der Waals surface area (Å²) in [5, 5.41) is 6.02. The van der Waals surface area contributed by atoms with E-state index in [1.807, 2.05) is 6.92 Å². The number of hydrogen-bond donors (Lipinski definition) is 1. The van der Waals surface area contributed by atoms with Crippen LogP contribution in [0.5, 0.6) is 0 Å². The molecular formula is C18H19ClN4O5. The van der Waals surface area contributed by atoms with E-state index in [4.69, 9.17) is 26.6 Å². The van der Waals surface area contributed by atoms with Crippen molar-refractivity contribution in [2.75, 3.05) is 13.2 Å². The summed E-state index contributed by atoms with van der Waals surface area (Å²) in [5.74, 6) is 2.45. The molecule has 0 spiro atoms. The lowest BCUT2D eigenvalue weighted by Gasteiger charge is -2.18. The van der Waals surface area contributed by atoms with E-state index < -0.39 is 30.5 Å². The maximum absolute atomic E-state index is 12.6. The van der Waals surface area contributed by atoms with E-state index in [0.29, 0.717) is 6.42 Å². The minimum atomic E-state index is -1.53. The van der Waals surface area contributed by atoms with Gasteiger partial charge in [0, 0.05) is 33.5 Å². The molecule has 1 amide bonds. The maximum Gasteiger partial charge on any atom is 0.385 e. The number of azide groups is 1. The van der Waals surface area contributed by atoms with E-state index >= 15 is 0 Å². The third-order valence-electron chi connectivity index (χ3n) is 3.17. The number of nitrogens with one attached hydrogen (secondary N) is 1. The van der Waals surface area contributed by atoms with E-state index in [-0.39, 0.29) is 22.9 Å². The van der Waals surface area contributed by atoms with Crippen LogP contribution < -0.4 is 5.32 Å². The van der Waals surface area contributed by atoms with Gasteiger partial charge in [-0.1, -0.05) is 35.6 Å². The predicted molar refractivity (Wildman–Crippen MR) is 101 cm³/mol. The van der Waals surface area contributed by atoms with Crippen molar-refractivity contribution in [2.45, 2.75) is 32.8 Å². The number of halogens is 1. The van der Waals surface area contributed by atoms with Gasteiger partial charge in [-0.3, -0.25) is 9.59 Å². The van der Waals surface area contributed by atoms with Crippen molar-refractivity contribution in [1.29, 1.82) is 0 Å². The number of esters is 2. The van der Waals surface area contributed by atoms with Crippen molar-refractivity contribution < 1.29 is 23.9 Å². The van der Waals surface area contributed by atoms with Gasteiger partial charge in [0.15, 0.2) is 0 Å². The number of nitrogens with zero attached hydrogens (tertiary/aromatic N) is 3. The van der Waals surface area contributed by atoms with Crippen LogP contribution in [0.15, 0.2) is 23.3 Å². The number of benzene rings is 1. The zero-order chi connectivity index (χ0) is 20.9. The standard InChI is InChI=1S/C18H19ClN4O5/c1-3-5-6-7-15(24)28-17(18(26)21-11-16(25)27-4-2)13-10-12(19)8-9-14(13)22-23-20/h8-10,17H,3-5,11H2,1-2H3,(H,21,26). The summed E-state index contributed by atoms with van der Waals surface area (Å²) in [6.45, 7) is 3.23. The number of carbonyl (C=O) groups is 3.